The van der Waals surface area contributed by atoms with Crippen molar-refractivity contribution >= 4 is 29.9 Å². The minimum atomic E-state index is 0.107. The Morgan fingerprint density at radius 1 is 1.54 bits per heavy atom. The molecule has 1 aromatic heterocycles. The van der Waals surface area contributed by atoms with Crippen LogP contribution in [0.5, 0.6) is 0 Å². The maximum Gasteiger partial charge on any atom is 0.263 e. The van der Waals surface area contributed by atoms with E-state index in [9.17, 15) is 4.79 Å². The third kappa shape index (κ3) is 2.48. The average molecular weight is 215 g/mol. The first kappa shape index (κ1) is 10.6. The second-order valence-electron chi connectivity index (χ2n) is 2.65. The van der Waals surface area contributed by atoms with Crippen LogP contribution in [0.3, 0.4) is 0 Å². The van der Waals surface area contributed by atoms with Gasteiger partial charge in [-0.1, -0.05) is 0 Å². The molecule has 0 unspecified atom stereocenters. The van der Waals surface area contributed by atoms with E-state index in [4.69, 9.17) is 0 Å². The van der Waals surface area contributed by atoms with Crippen LogP contribution in [0.4, 0.5) is 0 Å². The lowest BCUT2D eigenvalue weighted by atomic mass is 10.4. The molecular weight excluding hydrogens is 202 g/mol. The second kappa shape index (κ2) is 4.67. The lowest BCUT2D eigenvalue weighted by Crippen LogP contribution is -2.29. The number of rotatable bonds is 3. The van der Waals surface area contributed by atoms with Crippen LogP contribution in [0.25, 0.3) is 0 Å². The summed E-state index contributed by atoms with van der Waals surface area (Å²) in [5, 5.41) is 1.87. The molecule has 4 heteroatoms. The van der Waals surface area contributed by atoms with Crippen LogP contribution >= 0.6 is 24.0 Å². The van der Waals surface area contributed by atoms with Crippen molar-refractivity contribution < 1.29 is 4.79 Å². The SMILES string of the molecule is CCN(CC)C(=O)c1cc(S)cs1. The van der Waals surface area contributed by atoms with Gasteiger partial charge in [-0.2, -0.15) is 0 Å². The quantitative estimate of drug-likeness (QED) is 0.768. The first-order chi connectivity index (χ1) is 6.19. The van der Waals surface area contributed by atoms with E-state index >= 15 is 0 Å². The molecule has 1 aromatic rings. The van der Waals surface area contributed by atoms with Crippen LogP contribution in [-0.2, 0) is 0 Å². The van der Waals surface area contributed by atoms with Crippen molar-refractivity contribution in [3.8, 4) is 0 Å². The van der Waals surface area contributed by atoms with Gasteiger partial charge < -0.3 is 4.90 Å². The summed E-state index contributed by atoms with van der Waals surface area (Å²) in [6.45, 7) is 5.48. The third-order valence-electron chi connectivity index (χ3n) is 1.85. The van der Waals surface area contributed by atoms with Crippen molar-refractivity contribution in [3.05, 3.63) is 16.3 Å². The Morgan fingerprint density at radius 2 is 2.15 bits per heavy atom. The fraction of sp³-hybridized carbons (Fsp3) is 0.444. The molecule has 1 rings (SSSR count). The van der Waals surface area contributed by atoms with Gasteiger partial charge in [0.1, 0.15) is 0 Å². The van der Waals surface area contributed by atoms with E-state index in [2.05, 4.69) is 12.6 Å². The Balaban J connectivity index is 2.78. The number of thiophene rings is 1. The molecule has 0 atom stereocenters. The van der Waals surface area contributed by atoms with E-state index in [0.717, 1.165) is 22.9 Å². The van der Waals surface area contributed by atoms with Crippen LogP contribution in [-0.4, -0.2) is 23.9 Å². The van der Waals surface area contributed by atoms with Gasteiger partial charge in [0, 0.05) is 23.4 Å². The predicted molar refractivity (Wildman–Crippen MR) is 58.8 cm³/mol. The fourth-order valence-corrected chi connectivity index (χ4v) is 2.22. The van der Waals surface area contributed by atoms with Crippen LogP contribution in [0, 0.1) is 0 Å². The molecule has 13 heavy (non-hydrogen) atoms. The summed E-state index contributed by atoms with van der Waals surface area (Å²) in [7, 11) is 0. The number of nitrogens with zero attached hydrogens (tertiary/aromatic N) is 1. The van der Waals surface area contributed by atoms with Gasteiger partial charge in [0.2, 0.25) is 0 Å². The minimum Gasteiger partial charge on any atom is -0.339 e. The largest absolute Gasteiger partial charge is 0.339 e. The number of amides is 1. The number of carbonyl (C=O) groups is 1. The summed E-state index contributed by atoms with van der Waals surface area (Å²) >= 11 is 5.62. The van der Waals surface area contributed by atoms with Gasteiger partial charge in [-0.25, -0.2) is 0 Å². The molecular formula is C9H13NOS2. The number of hydrogen-bond donors (Lipinski definition) is 1. The van der Waals surface area contributed by atoms with Gasteiger partial charge in [-0.3, -0.25) is 4.79 Å². The maximum absolute atomic E-state index is 11.7. The molecule has 0 radical (unpaired) electrons. The molecule has 0 spiro atoms. The van der Waals surface area contributed by atoms with Gasteiger partial charge >= 0.3 is 0 Å². The Labute approximate surface area is 88.0 Å². The van der Waals surface area contributed by atoms with Gasteiger partial charge in [-0.05, 0) is 19.9 Å². The van der Waals surface area contributed by atoms with Crippen molar-refractivity contribution in [2.45, 2.75) is 18.7 Å². The number of thiol groups is 1. The highest BCUT2D eigenvalue weighted by Crippen LogP contribution is 2.19. The summed E-state index contributed by atoms with van der Waals surface area (Å²) in [6.07, 6.45) is 0. The second-order valence-corrected chi connectivity index (χ2v) is 4.07. The molecule has 0 aliphatic carbocycles. The van der Waals surface area contributed by atoms with Gasteiger partial charge in [0.15, 0.2) is 0 Å². The first-order valence-corrected chi connectivity index (χ1v) is 5.58. The van der Waals surface area contributed by atoms with Crippen molar-refractivity contribution in [3.63, 3.8) is 0 Å². The molecule has 0 aliphatic heterocycles. The fourth-order valence-electron chi connectivity index (χ4n) is 1.11. The highest BCUT2D eigenvalue weighted by atomic mass is 32.1. The molecule has 0 saturated carbocycles. The van der Waals surface area contributed by atoms with Crippen LogP contribution < -0.4 is 0 Å². The Morgan fingerprint density at radius 3 is 2.54 bits per heavy atom. The summed E-state index contributed by atoms with van der Waals surface area (Å²) in [4.78, 5) is 15.2. The van der Waals surface area contributed by atoms with E-state index in [-0.39, 0.29) is 5.91 Å². The molecule has 0 N–H and O–H groups in total. The lowest BCUT2D eigenvalue weighted by Gasteiger charge is -2.17. The third-order valence-corrected chi connectivity index (χ3v) is 3.20. The zero-order valence-electron chi connectivity index (χ0n) is 7.78. The standard InChI is InChI=1S/C9H13NOS2/c1-3-10(4-2)9(11)8-5-7(12)6-13-8/h5-6,12H,3-4H2,1-2H3. The summed E-state index contributed by atoms with van der Waals surface area (Å²) in [5.74, 6) is 0.107. The average Bonchev–Trinajstić information content (AvgIpc) is 2.54. The highest BCUT2D eigenvalue weighted by Gasteiger charge is 2.13. The number of carbonyl (C=O) groups excluding carboxylic acids is 1. The molecule has 0 aliphatic rings. The topological polar surface area (TPSA) is 20.3 Å². The molecule has 1 amide bonds. The van der Waals surface area contributed by atoms with E-state index in [1.807, 2.05) is 25.3 Å². The van der Waals surface area contributed by atoms with E-state index in [1.54, 1.807) is 4.90 Å². The molecule has 2 nitrogen and oxygen atoms in total. The van der Waals surface area contributed by atoms with Crippen molar-refractivity contribution in [2.75, 3.05) is 13.1 Å². The molecule has 72 valence electrons. The Bertz CT molecular complexity index is 292. The molecule has 0 saturated heterocycles. The van der Waals surface area contributed by atoms with E-state index in [1.165, 1.54) is 11.3 Å². The van der Waals surface area contributed by atoms with Crippen LogP contribution in [0.2, 0.25) is 0 Å². The van der Waals surface area contributed by atoms with Gasteiger partial charge in [-0.15, -0.1) is 24.0 Å². The normalized spacial score (nSPS) is 10.1. The van der Waals surface area contributed by atoms with Crippen molar-refractivity contribution in [1.29, 1.82) is 0 Å². The molecule has 0 fully saturated rings. The zero-order chi connectivity index (χ0) is 9.84. The molecule has 1 heterocycles. The predicted octanol–water partition coefficient (Wildman–Crippen LogP) is 2.52. The first-order valence-electron chi connectivity index (χ1n) is 4.25. The molecule has 0 aromatic carbocycles. The number of hydrogen-bond acceptors (Lipinski definition) is 3. The summed E-state index contributed by atoms with van der Waals surface area (Å²) in [6, 6.07) is 1.81. The van der Waals surface area contributed by atoms with Crippen LogP contribution in [0.1, 0.15) is 23.5 Å². The maximum atomic E-state index is 11.7. The van der Waals surface area contributed by atoms with Gasteiger partial charge in [0.05, 0.1) is 4.88 Å². The van der Waals surface area contributed by atoms with Crippen molar-refractivity contribution in [1.82, 2.24) is 4.90 Å². The van der Waals surface area contributed by atoms with Gasteiger partial charge in [0.25, 0.3) is 5.91 Å². The van der Waals surface area contributed by atoms with E-state index < -0.39 is 0 Å². The monoisotopic (exact) mass is 215 g/mol. The summed E-state index contributed by atoms with van der Waals surface area (Å²) in [5.41, 5.74) is 0. The Hall–Kier alpha value is -0.480. The minimum absolute atomic E-state index is 0.107. The Kier molecular flexibility index (Phi) is 3.81. The van der Waals surface area contributed by atoms with Crippen molar-refractivity contribution in [2.24, 2.45) is 0 Å². The highest BCUT2D eigenvalue weighted by molar-refractivity contribution is 7.80. The lowest BCUT2D eigenvalue weighted by molar-refractivity contribution is 0.0777. The van der Waals surface area contributed by atoms with Crippen LogP contribution in [0.15, 0.2) is 16.3 Å². The van der Waals surface area contributed by atoms with E-state index in [0.29, 0.717) is 0 Å². The molecule has 0 bridgehead atoms. The summed E-state index contributed by atoms with van der Waals surface area (Å²) < 4.78 is 0. The zero-order valence-corrected chi connectivity index (χ0v) is 9.49. The smallest absolute Gasteiger partial charge is 0.263 e.